The smallest absolute Gasteiger partial charge is 0.416 e. The van der Waals surface area contributed by atoms with E-state index in [2.05, 4.69) is 0 Å². The first-order chi connectivity index (χ1) is 8.38. The number of benzene rings is 2. The van der Waals surface area contributed by atoms with E-state index in [4.69, 9.17) is 11.6 Å². The zero-order chi connectivity index (χ0) is 13.3. The van der Waals surface area contributed by atoms with Gasteiger partial charge in [0.15, 0.2) is 0 Å². The van der Waals surface area contributed by atoms with Gasteiger partial charge in [0.05, 0.1) is 10.6 Å². The first kappa shape index (κ1) is 12.8. The second-order valence-electron chi connectivity index (χ2n) is 3.74. The zero-order valence-corrected chi connectivity index (χ0v) is 9.76. The molecule has 0 bridgehead atoms. The van der Waals surface area contributed by atoms with Crippen molar-refractivity contribution in [2.45, 2.75) is 6.18 Å². The van der Waals surface area contributed by atoms with Gasteiger partial charge in [-0.3, -0.25) is 0 Å². The number of phenols is 1. The van der Waals surface area contributed by atoms with Crippen molar-refractivity contribution in [3.8, 4) is 16.9 Å². The van der Waals surface area contributed by atoms with Gasteiger partial charge in [0, 0.05) is 0 Å². The average Bonchev–Trinajstić information content (AvgIpc) is 2.32. The molecule has 0 heterocycles. The van der Waals surface area contributed by atoms with Crippen molar-refractivity contribution in [1.82, 2.24) is 0 Å². The van der Waals surface area contributed by atoms with Crippen molar-refractivity contribution in [3.05, 3.63) is 53.1 Å². The van der Waals surface area contributed by atoms with Crippen LogP contribution in [0.2, 0.25) is 5.02 Å². The fourth-order valence-electron chi connectivity index (χ4n) is 1.56. The minimum Gasteiger partial charge on any atom is -0.506 e. The summed E-state index contributed by atoms with van der Waals surface area (Å²) >= 11 is 5.72. The highest BCUT2D eigenvalue weighted by atomic mass is 35.5. The van der Waals surface area contributed by atoms with Crippen LogP contribution in [-0.2, 0) is 6.18 Å². The molecule has 1 N–H and O–H groups in total. The minimum absolute atomic E-state index is 0.102. The number of phenolic OH excluding ortho intramolecular Hbond substituents is 1. The summed E-state index contributed by atoms with van der Waals surface area (Å²) in [6, 6.07) is 9.21. The molecule has 0 aromatic heterocycles. The zero-order valence-electron chi connectivity index (χ0n) is 9.00. The maximum absolute atomic E-state index is 12.6. The van der Waals surface area contributed by atoms with Crippen LogP contribution in [0.15, 0.2) is 42.5 Å². The molecule has 0 aliphatic heterocycles. The van der Waals surface area contributed by atoms with Gasteiger partial charge in [0.2, 0.25) is 0 Å². The Bertz CT molecular complexity index is 579. The summed E-state index contributed by atoms with van der Waals surface area (Å²) < 4.78 is 37.7. The first-order valence-corrected chi connectivity index (χ1v) is 5.42. The van der Waals surface area contributed by atoms with Crippen molar-refractivity contribution in [1.29, 1.82) is 0 Å². The van der Waals surface area contributed by atoms with E-state index in [-0.39, 0.29) is 10.8 Å². The fourth-order valence-corrected chi connectivity index (χ4v) is 1.74. The summed E-state index contributed by atoms with van der Waals surface area (Å²) in [5.41, 5.74) is 0.194. The molecule has 0 spiro atoms. The lowest BCUT2D eigenvalue weighted by molar-refractivity contribution is -0.137. The summed E-state index contributed by atoms with van der Waals surface area (Å²) in [6.45, 7) is 0. The fraction of sp³-hybridized carbons (Fsp3) is 0.0769. The van der Waals surface area contributed by atoms with Crippen LogP contribution in [0.5, 0.6) is 5.75 Å². The van der Waals surface area contributed by atoms with Crippen LogP contribution in [-0.4, -0.2) is 5.11 Å². The monoisotopic (exact) mass is 272 g/mol. The van der Waals surface area contributed by atoms with Crippen LogP contribution >= 0.6 is 11.6 Å². The summed E-state index contributed by atoms with van der Waals surface area (Å²) in [5, 5.41) is 9.36. The van der Waals surface area contributed by atoms with Crippen molar-refractivity contribution >= 4 is 11.6 Å². The van der Waals surface area contributed by atoms with Crippen molar-refractivity contribution < 1.29 is 18.3 Å². The van der Waals surface area contributed by atoms with Gasteiger partial charge in [0.1, 0.15) is 5.75 Å². The van der Waals surface area contributed by atoms with E-state index in [0.717, 1.165) is 12.1 Å². The van der Waals surface area contributed by atoms with E-state index in [0.29, 0.717) is 11.1 Å². The lowest BCUT2D eigenvalue weighted by Gasteiger charge is -2.09. The van der Waals surface area contributed by atoms with E-state index in [1.807, 2.05) is 0 Å². The van der Waals surface area contributed by atoms with Gasteiger partial charge in [-0.15, -0.1) is 0 Å². The normalized spacial score (nSPS) is 11.6. The molecule has 18 heavy (non-hydrogen) atoms. The van der Waals surface area contributed by atoms with Crippen LogP contribution in [0, 0.1) is 0 Å². The van der Waals surface area contributed by atoms with Crippen LogP contribution in [0.3, 0.4) is 0 Å². The molecular formula is C13H8ClF3O. The standard InChI is InChI=1S/C13H8ClF3O/c14-11-7-9(4-5-12(11)18)8-2-1-3-10(6-8)13(15,16)17/h1-7,18H. The Balaban J connectivity index is 2.48. The molecule has 1 nitrogen and oxygen atoms in total. The molecule has 5 heteroatoms. The Morgan fingerprint density at radius 1 is 0.944 bits per heavy atom. The molecule has 0 atom stereocenters. The van der Waals surface area contributed by atoms with E-state index in [1.165, 1.54) is 24.3 Å². The highest BCUT2D eigenvalue weighted by Gasteiger charge is 2.30. The summed E-state index contributed by atoms with van der Waals surface area (Å²) in [5.74, 6) is -0.104. The second-order valence-corrected chi connectivity index (χ2v) is 4.15. The third kappa shape index (κ3) is 2.59. The Kier molecular flexibility index (Phi) is 3.22. The summed E-state index contributed by atoms with van der Waals surface area (Å²) in [6.07, 6.45) is -4.38. The molecular weight excluding hydrogens is 265 g/mol. The van der Waals surface area contributed by atoms with Gasteiger partial charge >= 0.3 is 6.18 Å². The number of hydrogen-bond donors (Lipinski definition) is 1. The Hall–Kier alpha value is -1.68. The Morgan fingerprint density at radius 2 is 1.61 bits per heavy atom. The topological polar surface area (TPSA) is 20.2 Å². The lowest BCUT2D eigenvalue weighted by atomic mass is 10.0. The predicted molar refractivity (Wildman–Crippen MR) is 63.6 cm³/mol. The van der Waals surface area contributed by atoms with E-state index >= 15 is 0 Å². The van der Waals surface area contributed by atoms with Crippen LogP contribution < -0.4 is 0 Å². The molecule has 94 valence electrons. The molecule has 2 rings (SSSR count). The molecule has 0 fully saturated rings. The van der Waals surface area contributed by atoms with Gasteiger partial charge < -0.3 is 5.11 Å². The first-order valence-electron chi connectivity index (χ1n) is 5.04. The Labute approximate surface area is 106 Å². The van der Waals surface area contributed by atoms with Gasteiger partial charge in [0.25, 0.3) is 0 Å². The molecule has 0 unspecified atom stereocenters. The van der Waals surface area contributed by atoms with Crippen molar-refractivity contribution in [2.75, 3.05) is 0 Å². The van der Waals surface area contributed by atoms with E-state index < -0.39 is 11.7 Å². The lowest BCUT2D eigenvalue weighted by Crippen LogP contribution is -2.04. The Morgan fingerprint density at radius 3 is 2.22 bits per heavy atom. The number of aromatic hydroxyl groups is 1. The molecule has 0 aliphatic carbocycles. The molecule has 0 amide bonds. The van der Waals surface area contributed by atoms with Gasteiger partial charge in [-0.05, 0) is 35.4 Å². The molecule has 2 aromatic carbocycles. The van der Waals surface area contributed by atoms with Crippen LogP contribution in [0.25, 0.3) is 11.1 Å². The highest BCUT2D eigenvalue weighted by molar-refractivity contribution is 6.32. The highest BCUT2D eigenvalue weighted by Crippen LogP contribution is 2.34. The summed E-state index contributed by atoms with van der Waals surface area (Å²) in [7, 11) is 0. The summed E-state index contributed by atoms with van der Waals surface area (Å²) in [4.78, 5) is 0. The molecule has 0 radical (unpaired) electrons. The van der Waals surface area contributed by atoms with Gasteiger partial charge in [-0.2, -0.15) is 13.2 Å². The average molecular weight is 273 g/mol. The molecule has 0 aliphatic rings. The van der Waals surface area contributed by atoms with Gasteiger partial charge in [-0.1, -0.05) is 29.8 Å². The SMILES string of the molecule is Oc1ccc(-c2cccc(C(F)(F)F)c2)cc1Cl. The third-order valence-corrected chi connectivity index (χ3v) is 2.77. The van der Waals surface area contributed by atoms with Crippen LogP contribution in [0.1, 0.15) is 5.56 Å². The number of rotatable bonds is 1. The van der Waals surface area contributed by atoms with E-state index in [9.17, 15) is 18.3 Å². The van der Waals surface area contributed by atoms with E-state index in [1.54, 1.807) is 6.07 Å². The maximum atomic E-state index is 12.6. The van der Waals surface area contributed by atoms with Gasteiger partial charge in [-0.25, -0.2) is 0 Å². The largest absolute Gasteiger partial charge is 0.506 e. The predicted octanol–water partition coefficient (Wildman–Crippen LogP) is 4.73. The maximum Gasteiger partial charge on any atom is 0.416 e. The number of halogens is 4. The van der Waals surface area contributed by atoms with Crippen molar-refractivity contribution in [3.63, 3.8) is 0 Å². The molecule has 0 saturated carbocycles. The second kappa shape index (κ2) is 4.53. The number of hydrogen-bond acceptors (Lipinski definition) is 1. The number of alkyl halides is 3. The van der Waals surface area contributed by atoms with Crippen LogP contribution in [0.4, 0.5) is 13.2 Å². The third-order valence-electron chi connectivity index (χ3n) is 2.47. The molecule has 2 aromatic rings. The van der Waals surface area contributed by atoms with Crippen molar-refractivity contribution in [2.24, 2.45) is 0 Å². The molecule has 0 saturated heterocycles. The minimum atomic E-state index is -4.38. The quantitative estimate of drug-likeness (QED) is 0.795.